The zero-order chi connectivity index (χ0) is 28.1. The van der Waals surface area contributed by atoms with E-state index in [-0.39, 0.29) is 23.7 Å². The molecule has 1 fully saturated rings. The van der Waals surface area contributed by atoms with Crippen LogP contribution < -0.4 is 4.90 Å². The Morgan fingerprint density at radius 2 is 1.70 bits per heavy atom. The number of nitrogens with zero attached hydrogens (tertiary/aromatic N) is 3. The predicted molar refractivity (Wildman–Crippen MR) is 149 cm³/mol. The van der Waals surface area contributed by atoms with Gasteiger partial charge in [-0.1, -0.05) is 54.9 Å². The van der Waals surface area contributed by atoms with Crippen LogP contribution in [-0.4, -0.2) is 40.4 Å². The largest absolute Gasteiger partial charge is 0.454 e. The van der Waals surface area contributed by atoms with Crippen molar-refractivity contribution in [3.8, 4) is 6.07 Å². The molecule has 1 aliphatic heterocycles. The summed E-state index contributed by atoms with van der Waals surface area (Å²) in [6.07, 6.45) is 6.14. The molecule has 0 radical (unpaired) electrons. The quantitative estimate of drug-likeness (QED) is 0.226. The number of rotatable bonds is 7. The number of ketones is 1. The van der Waals surface area contributed by atoms with Crippen molar-refractivity contribution in [3.05, 3.63) is 88.6 Å². The van der Waals surface area contributed by atoms with E-state index >= 15 is 0 Å². The highest BCUT2D eigenvalue weighted by atomic mass is 32.2. The molecule has 5 rings (SSSR count). The third-order valence-electron chi connectivity index (χ3n) is 7.04. The highest BCUT2D eigenvalue weighted by Crippen LogP contribution is 2.36. The van der Waals surface area contributed by atoms with Crippen molar-refractivity contribution in [2.45, 2.75) is 55.2 Å². The number of carbonyl (C=O) groups is 4. The molecule has 1 aliphatic carbocycles. The number of pyridine rings is 1. The number of ether oxygens (including phenoxy) is 1. The summed E-state index contributed by atoms with van der Waals surface area (Å²) in [5.41, 5.74) is 3.47. The van der Waals surface area contributed by atoms with Crippen LogP contribution in [0.2, 0.25) is 0 Å². The van der Waals surface area contributed by atoms with E-state index in [1.165, 1.54) is 30.7 Å². The Balaban J connectivity index is 1.25. The SMILES string of the molecule is N#Cc1cc2c(nc1SC1CC(=O)N(c3ccc(C(=O)OCC(=O)c4ccccc4)cc3)C1=O)CCCCCC2. The van der Waals surface area contributed by atoms with E-state index in [1.54, 1.807) is 30.3 Å². The predicted octanol–water partition coefficient (Wildman–Crippen LogP) is 5.08. The molecule has 0 saturated carbocycles. The number of imide groups is 1. The topological polar surface area (TPSA) is 117 Å². The molecular weight excluding hydrogens is 526 g/mol. The number of hydrogen-bond donors (Lipinski definition) is 0. The molecule has 0 spiro atoms. The van der Waals surface area contributed by atoms with Gasteiger partial charge in [0.25, 0.3) is 0 Å². The molecule has 0 bridgehead atoms. The zero-order valence-corrected chi connectivity index (χ0v) is 22.6. The molecule has 1 unspecified atom stereocenters. The first-order valence-corrected chi connectivity index (χ1v) is 14.1. The molecule has 2 amide bonds. The molecule has 2 aliphatic rings. The second-order valence-corrected chi connectivity index (χ2v) is 11.0. The van der Waals surface area contributed by atoms with Crippen molar-refractivity contribution in [1.29, 1.82) is 5.26 Å². The lowest BCUT2D eigenvalue weighted by atomic mass is 9.96. The lowest BCUT2D eigenvalue weighted by Crippen LogP contribution is -2.31. The highest BCUT2D eigenvalue weighted by Gasteiger charge is 2.41. The van der Waals surface area contributed by atoms with Crippen molar-refractivity contribution in [1.82, 2.24) is 4.98 Å². The van der Waals surface area contributed by atoms with Crippen LogP contribution in [0, 0.1) is 11.3 Å². The molecule has 40 heavy (non-hydrogen) atoms. The van der Waals surface area contributed by atoms with Gasteiger partial charge in [-0.25, -0.2) is 14.7 Å². The van der Waals surface area contributed by atoms with Crippen molar-refractivity contribution >= 4 is 41.0 Å². The van der Waals surface area contributed by atoms with Gasteiger partial charge in [0.05, 0.1) is 22.1 Å². The molecule has 2 aromatic carbocycles. The number of carbonyl (C=O) groups excluding carboxylic acids is 4. The molecule has 1 atom stereocenters. The molecule has 3 aromatic rings. The number of fused-ring (bicyclic) bond motifs is 1. The van der Waals surface area contributed by atoms with Crippen LogP contribution in [0.1, 0.15) is 69.6 Å². The number of esters is 1. The van der Waals surface area contributed by atoms with Crippen LogP contribution in [0.25, 0.3) is 0 Å². The third-order valence-corrected chi connectivity index (χ3v) is 8.22. The van der Waals surface area contributed by atoms with Gasteiger partial charge in [0, 0.05) is 17.7 Å². The molecule has 8 nitrogen and oxygen atoms in total. The summed E-state index contributed by atoms with van der Waals surface area (Å²) in [5.74, 6) is -1.76. The van der Waals surface area contributed by atoms with Crippen molar-refractivity contribution < 1.29 is 23.9 Å². The summed E-state index contributed by atoms with van der Waals surface area (Å²) in [7, 11) is 0. The van der Waals surface area contributed by atoms with Gasteiger partial charge in [-0.3, -0.25) is 14.4 Å². The first-order valence-electron chi connectivity index (χ1n) is 13.3. The molecule has 9 heteroatoms. The normalized spacial score (nSPS) is 17.0. The molecular formula is C31H27N3O5S. The smallest absolute Gasteiger partial charge is 0.338 e. The van der Waals surface area contributed by atoms with E-state index in [0.717, 1.165) is 60.0 Å². The van der Waals surface area contributed by atoms with E-state index in [1.807, 2.05) is 6.07 Å². The Morgan fingerprint density at radius 1 is 0.975 bits per heavy atom. The van der Waals surface area contributed by atoms with E-state index < -0.39 is 23.7 Å². The van der Waals surface area contributed by atoms with Gasteiger partial charge in [0.1, 0.15) is 11.1 Å². The van der Waals surface area contributed by atoms with Crippen LogP contribution in [0.15, 0.2) is 65.7 Å². The summed E-state index contributed by atoms with van der Waals surface area (Å²) in [6.45, 7) is -0.395. The summed E-state index contributed by atoms with van der Waals surface area (Å²) in [5, 5.41) is 9.53. The average Bonchev–Trinajstić information content (AvgIpc) is 3.24. The number of thioether (sulfide) groups is 1. The van der Waals surface area contributed by atoms with Gasteiger partial charge in [0.2, 0.25) is 11.8 Å². The van der Waals surface area contributed by atoms with Crippen LogP contribution in [-0.2, 0) is 27.2 Å². The number of anilines is 1. The molecule has 1 aromatic heterocycles. The molecule has 1 saturated heterocycles. The number of hydrogen-bond acceptors (Lipinski definition) is 8. The number of benzene rings is 2. The van der Waals surface area contributed by atoms with Gasteiger partial charge in [-0.2, -0.15) is 5.26 Å². The van der Waals surface area contributed by atoms with Crippen LogP contribution >= 0.6 is 11.8 Å². The Labute approximate surface area is 236 Å². The monoisotopic (exact) mass is 553 g/mol. The van der Waals surface area contributed by atoms with Crippen molar-refractivity contribution in [3.63, 3.8) is 0 Å². The number of nitriles is 1. The first kappa shape index (κ1) is 27.3. The summed E-state index contributed by atoms with van der Waals surface area (Å²) in [6, 6.07) is 18.5. The molecule has 2 heterocycles. The van der Waals surface area contributed by atoms with Crippen molar-refractivity contribution in [2.75, 3.05) is 11.5 Å². The number of aromatic nitrogens is 1. The van der Waals surface area contributed by atoms with Gasteiger partial charge < -0.3 is 4.74 Å². The minimum atomic E-state index is -0.702. The summed E-state index contributed by atoms with van der Waals surface area (Å²) < 4.78 is 5.14. The minimum absolute atomic E-state index is 0.0154. The van der Waals surface area contributed by atoms with Crippen LogP contribution in [0.5, 0.6) is 0 Å². The highest BCUT2D eigenvalue weighted by molar-refractivity contribution is 8.00. The second-order valence-electron chi connectivity index (χ2n) is 9.76. The van der Waals surface area contributed by atoms with Gasteiger partial charge >= 0.3 is 5.97 Å². The van der Waals surface area contributed by atoms with Crippen LogP contribution in [0.4, 0.5) is 5.69 Å². The summed E-state index contributed by atoms with van der Waals surface area (Å²) in [4.78, 5) is 56.7. The van der Waals surface area contributed by atoms with E-state index in [0.29, 0.717) is 21.8 Å². The standard InChI is InChI=1S/C31H27N3O5S/c32-18-23-16-22-10-4-1-2-7-11-25(22)33-29(23)40-27-17-28(36)34(30(27)37)24-14-12-21(13-15-24)31(38)39-19-26(35)20-8-5-3-6-9-20/h3,5-6,8-9,12-16,27H,1-2,4,7,10-11,17,19H2. The van der Waals surface area contributed by atoms with E-state index in [2.05, 4.69) is 6.07 Å². The van der Waals surface area contributed by atoms with Gasteiger partial charge in [-0.15, -0.1) is 0 Å². The lowest BCUT2D eigenvalue weighted by molar-refractivity contribution is -0.121. The average molecular weight is 554 g/mol. The zero-order valence-electron chi connectivity index (χ0n) is 21.8. The van der Waals surface area contributed by atoms with Crippen molar-refractivity contribution in [2.24, 2.45) is 0 Å². The Kier molecular flexibility index (Phi) is 8.37. The third kappa shape index (κ3) is 5.97. The Morgan fingerprint density at radius 3 is 2.42 bits per heavy atom. The number of amides is 2. The lowest BCUT2D eigenvalue weighted by Gasteiger charge is -2.17. The maximum atomic E-state index is 13.3. The first-order chi connectivity index (χ1) is 19.4. The fourth-order valence-corrected chi connectivity index (χ4v) is 6.00. The van der Waals surface area contributed by atoms with E-state index in [4.69, 9.17) is 9.72 Å². The van der Waals surface area contributed by atoms with Crippen LogP contribution in [0.3, 0.4) is 0 Å². The van der Waals surface area contributed by atoms with Gasteiger partial charge in [0.15, 0.2) is 12.4 Å². The van der Waals surface area contributed by atoms with Gasteiger partial charge in [-0.05, 0) is 61.6 Å². The Bertz CT molecular complexity index is 1500. The van der Waals surface area contributed by atoms with E-state index in [9.17, 15) is 24.4 Å². The minimum Gasteiger partial charge on any atom is -0.454 e. The molecule has 202 valence electrons. The number of Topliss-reactive ketones (excluding diaryl/α,β-unsaturated/α-hetero) is 1. The Hall–Kier alpha value is -4.29. The second kappa shape index (κ2) is 12.3. The maximum absolute atomic E-state index is 13.3. The number of aryl methyl sites for hydroxylation is 2. The fraction of sp³-hybridized carbons (Fsp3) is 0.290. The maximum Gasteiger partial charge on any atom is 0.338 e. The summed E-state index contributed by atoms with van der Waals surface area (Å²) >= 11 is 1.16. The molecule has 0 N–H and O–H groups in total. The fourth-order valence-electron chi connectivity index (χ4n) is 4.91.